The van der Waals surface area contributed by atoms with E-state index in [1.165, 1.54) is 12.1 Å². The molecule has 0 aliphatic carbocycles. The molecule has 0 unspecified atom stereocenters. The Morgan fingerprint density at radius 1 is 1.07 bits per heavy atom. The lowest BCUT2D eigenvalue weighted by molar-refractivity contribution is 0.0357. The van der Waals surface area contributed by atoms with Crippen molar-refractivity contribution in [3.05, 3.63) is 105 Å². The van der Waals surface area contributed by atoms with Gasteiger partial charge in [0.05, 0.1) is 6.54 Å². The number of Topliss-reactive ketones (excluding diaryl/α,β-unsaturated/α-hetero) is 1. The summed E-state index contributed by atoms with van der Waals surface area (Å²) in [6.07, 6.45) is 3.32. The van der Waals surface area contributed by atoms with Gasteiger partial charge in [0.2, 0.25) is 0 Å². The van der Waals surface area contributed by atoms with E-state index in [9.17, 15) is 14.0 Å². The molecule has 0 amide bonds. The predicted molar refractivity (Wildman–Crippen MR) is 110 cm³/mol. The van der Waals surface area contributed by atoms with Crippen molar-refractivity contribution in [2.75, 3.05) is 13.2 Å². The first-order chi connectivity index (χ1) is 14.5. The SMILES string of the molecule is O=C(CO)c1ccc(Cn2ccc([C@]3(c4ccc(F)cc4)CCCO3)cc2=O)cc1. The van der Waals surface area contributed by atoms with E-state index >= 15 is 0 Å². The number of aliphatic hydroxyl groups is 1. The van der Waals surface area contributed by atoms with Gasteiger partial charge in [0.1, 0.15) is 18.0 Å². The molecule has 1 saturated heterocycles. The van der Waals surface area contributed by atoms with Gasteiger partial charge in [-0.3, -0.25) is 9.59 Å². The third-order valence-electron chi connectivity index (χ3n) is 5.57. The Kier molecular flexibility index (Phi) is 5.61. The van der Waals surface area contributed by atoms with Crippen molar-refractivity contribution < 1.29 is 19.0 Å². The maximum absolute atomic E-state index is 13.4. The number of hydrogen-bond acceptors (Lipinski definition) is 4. The van der Waals surface area contributed by atoms with Crippen LogP contribution in [0.4, 0.5) is 4.39 Å². The molecule has 154 valence electrons. The molecule has 0 bridgehead atoms. The molecule has 1 atom stereocenters. The molecule has 30 heavy (non-hydrogen) atoms. The van der Waals surface area contributed by atoms with Crippen LogP contribution in [0.2, 0.25) is 0 Å². The molecule has 2 heterocycles. The Bertz CT molecular complexity index is 1100. The van der Waals surface area contributed by atoms with E-state index in [-0.39, 0.29) is 17.2 Å². The highest BCUT2D eigenvalue weighted by molar-refractivity contribution is 5.96. The number of ketones is 1. The zero-order valence-electron chi connectivity index (χ0n) is 16.4. The van der Waals surface area contributed by atoms with Gasteiger partial charge in [-0.1, -0.05) is 36.4 Å². The molecule has 1 N–H and O–H groups in total. The van der Waals surface area contributed by atoms with Crippen LogP contribution >= 0.6 is 0 Å². The molecule has 4 rings (SSSR count). The van der Waals surface area contributed by atoms with Crippen LogP contribution in [0, 0.1) is 5.82 Å². The number of rotatable bonds is 6. The van der Waals surface area contributed by atoms with Crippen molar-refractivity contribution in [2.45, 2.75) is 25.0 Å². The van der Waals surface area contributed by atoms with Crippen LogP contribution in [0.3, 0.4) is 0 Å². The lowest BCUT2D eigenvalue weighted by Crippen LogP contribution is -2.30. The molecule has 3 aromatic rings. The molecule has 1 fully saturated rings. The van der Waals surface area contributed by atoms with Crippen molar-refractivity contribution in [3.63, 3.8) is 0 Å². The van der Waals surface area contributed by atoms with Crippen LogP contribution in [0.1, 0.15) is 39.9 Å². The average Bonchev–Trinajstić information content (AvgIpc) is 3.27. The summed E-state index contributed by atoms with van der Waals surface area (Å²) < 4.78 is 21.1. The van der Waals surface area contributed by atoms with Gasteiger partial charge < -0.3 is 14.4 Å². The number of carbonyl (C=O) groups excluding carboxylic acids is 1. The van der Waals surface area contributed by atoms with Gasteiger partial charge >= 0.3 is 0 Å². The fraction of sp³-hybridized carbons (Fsp3) is 0.250. The number of halogens is 1. The highest BCUT2D eigenvalue weighted by Gasteiger charge is 2.39. The van der Waals surface area contributed by atoms with Crippen LogP contribution in [0.25, 0.3) is 0 Å². The lowest BCUT2D eigenvalue weighted by atomic mass is 9.84. The van der Waals surface area contributed by atoms with E-state index in [4.69, 9.17) is 9.84 Å². The number of pyridine rings is 1. The molecular formula is C24H22FNO4. The lowest BCUT2D eigenvalue weighted by Gasteiger charge is -2.29. The van der Waals surface area contributed by atoms with E-state index < -0.39 is 12.2 Å². The Morgan fingerprint density at radius 2 is 1.80 bits per heavy atom. The summed E-state index contributed by atoms with van der Waals surface area (Å²) in [4.78, 5) is 24.3. The molecule has 6 heteroatoms. The number of hydrogen-bond donors (Lipinski definition) is 1. The number of benzene rings is 2. The molecule has 5 nitrogen and oxygen atoms in total. The fourth-order valence-corrected chi connectivity index (χ4v) is 3.95. The van der Waals surface area contributed by atoms with Crippen molar-refractivity contribution >= 4 is 5.78 Å². The molecule has 0 spiro atoms. The third-order valence-corrected chi connectivity index (χ3v) is 5.57. The highest BCUT2D eigenvalue weighted by atomic mass is 19.1. The number of carbonyl (C=O) groups is 1. The summed E-state index contributed by atoms with van der Waals surface area (Å²) in [7, 11) is 0. The van der Waals surface area contributed by atoms with Gasteiger partial charge in [-0.15, -0.1) is 0 Å². The third kappa shape index (κ3) is 3.84. The van der Waals surface area contributed by atoms with Crippen LogP contribution in [0.15, 0.2) is 71.7 Å². The van der Waals surface area contributed by atoms with Crippen LogP contribution in [-0.4, -0.2) is 28.7 Å². The van der Waals surface area contributed by atoms with Crippen LogP contribution in [-0.2, 0) is 16.9 Å². The molecule has 1 aliphatic rings. The van der Waals surface area contributed by atoms with Gasteiger partial charge in [0.15, 0.2) is 5.78 Å². The summed E-state index contributed by atoms with van der Waals surface area (Å²) >= 11 is 0. The van der Waals surface area contributed by atoms with Gasteiger partial charge in [0.25, 0.3) is 5.56 Å². The van der Waals surface area contributed by atoms with Crippen molar-refractivity contribution in [3.8, 4) is 0 Å². The maximum Gasteiger partial charge on any atom is 0.251 e. The molecule has 1 aromatic heterocycles. The van der Waals surface area contributed by atoms with E-state index in [1.807, 2.05) is 6.07 Å². The van der Waals surface area contributed by atoms with E-state index in [0.717, 1.165) is 29.5 Å². The molecule has 0 radical (unpaired) electrons. The highest BCUT2D eigenvalue weighted by Crippen LogP contribution is 2.41. The first kappa shape index (κ1) is 20.2. The minimum Gasteiger partial charge on any atom is -0.388 e. The summed E-state index contributed by atoms with van der Waals surface area (Å²) in [6, 6.07) is 16.5. The van der Waals surface area contributed by atoms with Gasteiger partial charge in [-0.25, -0.2) is 4.39 Å². The smallest absolute Gasteiger partial charge is 0.251 e. The summed E-state index contributed by atoms with van der Waals surface area (Å²) in [5.41, 5.74) is 1.99. The standard InChI is InChI=1S/C24H22FNO4/c25-21-8-6-19(7-9-21)24(11-1-13-30-24)20-10-12-26(23(29)14-20)15-17-2-4-18(5-3-17)22(28)16-27/h2-10,12,14,27H,1,11,13,15-16H2/t24-/m1/s1. The number of ether oxygens (including phenoxy) is 1. The zero-order valence-corrected chi connectivity index (χ0v) is 16.4. The second-order valence-corrected chi connectivity index (χ2v) is 7.45. The summed E-state index contributed by atoms with van der Waals surface area (Å²) in [5, 5.41) is 8.94. The Balaban J connectivity index is 1.61. The Hall–Kier alpha value is -3.09. The summed E-state index contributed by atoms with van der Waals surface area (Å²) in [5.74, 6) is -0.653. The molecular weight excluding hydrogens is 385 g/mol. The number of aromatic nitrogens is 1. The molecule has 0 saturated carbocycles. The predicted octanol–water partition coefficient (Wildman–Crippen LogP) is 3.26. The second-order valence-electron chi connectivity index (χ2n) is 7.45. The topological polar surface area (TPSA) is 68.5 Å². The Labute approximate surface area is 173 Å². The summed E-state index contributed by atoms with van der Waals surface area (Å²) in [6.45, 7) is 0.411. The van der Waals surface area contributed by atoms with Gasteiger partial charge in [-0.2, -0.15) is 0 Å². The fourth-order valence-electron chi connectivity index (χ4n) is 3.95. The number of aliphatic hydroxyl groups excluding tert-OH is 1. The minimum atomic E-state index is -0.738. The Morgan fingerprint density at radius 3 is 2.40 bits per heavy atom. The van der Waals surface area contributed by atoms with Gasteiger partial charge in [0, 0.05) is 24.4 Å². The molecule has 1 aliphatic heterocycles. The molecule has 2 aromatic carbocycles. The average molecular weight is 407 g/mol. The largest absolute Gasteiger partial charge is 0.388 e. The first-order valence-electron chi connectivity index (χ1n) is 9.86. The van der Waals surface area contributed by atoms with E-state index in [0.29, 0.717) is 18.7 Å². The van der Waals surface area contributed by atoms with Crippen LogP contribution < -0.4 is 5.56 Å². The first-order valence-corrected chi connectivity index (χ1v) is 9.86. The van der Waals surface area contributed by atoms with Crippen molar-refractivity contribution in [2.24, 2.45) is 0 Å². The maximum atomic E-state index is 13.4. The van der Waals surface area contributed by atoms with E-state index in [2.05, 4.69) is 0 Å². The number of nitrogens with zero attached hydrogens (tertiary/aromatic N) is 1. The zero-order chi connectivity index (χ0) is 21.1. The van der Waals surface area contributed by atoms with Crippen molar-refractivity contribution in [1.82, 2.24) is 4.57 Å². The van der Waals surface area contributed by atoms with Crippen molar-refractivity contribution in [1.29, 1.82) is 0 Å². The van der Waals surface area contributed by atoms with Crippen LogP contribution in [0.5, 0.6) is 0 Å². The minimum absolute atomic E-state index is 0.167. The van der Waals surface area contributed by atoms with Gasteiger partial charge in [-0.05, 0) is 47.7 Å². The monoisotopic (exact) mass is 407 g/mol. The quantitative estimate of drug-likeness (QED) is 0.637. The normalized spacial score (nSPS) is 18.5. The second kappa shape index (κ2) is 8.34. The van der Waals surface area contributed by atoms with E-state index in [1.54, 1.807) is 53.2 Å².